The SMILES string of the molecule is O=C(COc1cc(Cl)cc(Cl)c1)Nc1ccc(S(=O)(=O)C(F)F)cc1. The number of nitrogens with one attached hydrogen (secondary N) is 1. The van der Waals surface area contributed by atoms with E-state index in [1.54, 1.807) is 0 Å². The summed E-state index contributed by atoms with van der Waals surface area (Å²) >= 11 is 11.6. The second kappa shape index (κ2) is 7.99. The average Bonchev–Trinajstić information content (AvgIpc) is 2.52. The molecule has 0 radical (unpaired) electrons. The molecule has 5 nitrogen and oxygen atoms in total. The maximum Gasteiger partial charge on any atom is 0.341 e. The van der Waals surface area contributed by atoms with Crippen molar-refractivity contribution in [3.05, 3.63) is 52.5 Å². The van der Waals surface area contributed by atoms with Crippen LogP contribution in [-0.2, 0) is 14.6 Å². The van der Waals surface area contributed by atoms with Gasteiger partial charge in [-0.3, -0.25) is 4.79 Å². The molecule has 1 N–H and O–H groups in total. The molecular formula is C15H11Cl2F2NO4S. The van der Waals surface area contributed by atoms with Crippen LogP contribution in [0.2, 0.25) is 10.0 Å². The van der Waals surface area contributed by atoms with Gasteiger partial charge in [0.1, 0.15) is 5.75 Å². The highest BCUT2D eigenvalue weighted by Crippen LogP contribution is 2.24. The first kappa shape index (κ1) is 19.4. The lowest BCUT2D eigenvalue weighted by atomic mass is 10.3. The molecule has 0 unspecified atom stereocenters. The molecule has 0 aromatic heterocycles. The van der Waals surface area contributed by atoms with Crippen LogP contribution in [0.5, 0.6) is 5.75 Å². The second-order valence-electron chi connectivity index (χ2n) is 4.77. The summed E-state index contributed by atoms with van der Waals surface area (Å²) < 4.78 is 52.7. The van der Waals surface area contributed by atoms with E-state index in [-0.39, 0.29) is 12.3 Å². The minimum Gasteiger partial charge on any atom is -0.484 e. The molecule has 0 bridgehead atoms. The molecule has 134 valence electrons. The number of hydrogen-bond acceptors (Lipinski definition) is 4. The molecular weight excluding hydrogens is 399 g/mol. The number of carbonyl (C=O) groups excluding carboxylic acids is 1. The van der Waals surface area contributed by atoms with Crippen molar-refractivity contribution in [3.63, 3.8) is 0 Å². The maximum absolute atomic E-state index is 12.4. The molecule has 0 fully saturated rings. The van der Waals surface area contributed by atoms with Crippen molar-refractivity contribution in [1.29, 1.82) is 0 Å². The van der Waals surface area contributed by atoms with E-state index in [2.05, 4.69) is 5.32 Å². The third-order valence-electron chi connectivity index (χ3n) is 2.91. The number of rotatable bonds is 6. The predicted octanol–water partition coefficient (Wildman–Crippen LogP) is 4.01. The maximum atomic E-state index is 12.4. The van der Waals surface area contributed by atoms with Crippen LogP contribution in [0.3, 0.4) is 0 Å². The van der Waals surface area contributed by atoms with E-state index in [0.717, 1.165) is 12.1 Å². The van der Waals surface area contributed by atoms with Gasteiger partial charge >= 0.3 is 5.76 Å². The summed E-state index contributed by atoms with van der Waals surface area (Å²) in [5.41, 5.74) is 0.228. The van der Waals surface area contributed by atoms with Crippen LogP contribution in [-0.4, -0.2) is 26.7 Å². The molecule has 25 heavy (non-hydrogen) atoms. The highest BCUT2D eigenvalue weighted by Gasteiger charge is 2.26. The van der Waals surface area contributed by atoms with Gasteiger partial charge in [0, 0.05) is 15.7 Å². The average molecular weight is 410 g/mol. The third-order valence-corrected chi connectivity index (χ3v) is 4.74. The number of benzene rings is 2. The lowest BCUT2D eigenvalue weighted by Gasteiger charge is -2.09. The number of ether oxygens (including phenoxy) is 1. The zero-order valence-corrected chi connectivity index (χ0v) is 14.7. The first-order valence-electron chi connectivity index (χ1n) is 6.69. The highest BCUT2D eigenvalue weighted by molar-refractivity contribution is 7.91. The Bertz CT molecular complexity index is 853. The van der Waals surface area contributed by atoms with Crippen LogP contribution in [0, 0.1) is 0 Å². The van der Waals surface area contributed by atoms with Gasteiger partial charge in [-0.15, -0.1) is 0 Å². The number of sulfone groups is 1. The summed E-state index contributed by atoms with van der Waals surface area (Å²) in [6, 6.07) is 8.82. The van der Waals surface area contributed by atoms with E-state index in [0.29, 0.717) is 15.8 Å². The Balaban J connectivity index is 1.97. The van der Waals surface area contributed by atoms with Gasteiger partial charge in [-0.2, -0.15) is 8.78 Å². The summed E-state index contributed by atoms with van der Waals surface area (Å²) in [4.78, 5) is 11.3. The topological polar surface area (TPSA) is 72.5 Å². The summed E-state index contributed by atoms with van der Waals surface area (Å²) in [6.45, 7) is -0.353. The molecule has 0 aliphatic heterocycles. The molecule has 0 saturated carbocycles. The van der Waals surface area contributed by atoms with Gasteiger partial charge in [-0.25, -0.2) is 8.42 Å². The van der Waals surface area contributed by atoms with E-state index in [4.69, 9.17) is 27.9 Å². The number of halogens is 4. The molecule has 2 aromatic carbocycles. The Morgan fingerprint density at radius 1 is 1.08 bits per heavy atom. The fourth-order valence-electron chi connectivity index (χ4n) is 1.79. The van der Waals surface area contributed by atoms with Crippen molar-refractivity contribution in [2.75, 3.05) is 11.9 Å². The van der Waals surface area contributed by atoms with Crippen LogP contribution in [0.15, 0.2) is 47.4 Å². The third kappa shape index (κ3) is 5.29. The fraction of sp³-hybridized carbons (Fsp3) is 0.133. The van der Waals surface area contributed by atoms with Crippen LogP contribution in [0.1, 0.15) is 0 Å². The molecule has 0 spiro atoms. The van der Waals surface area contributed by atoms with Gasteiger partial charge in [0.25, 0.3) is 5.91 Å². The molecule has 2 rings (SSSR count). The number of alkyl halides is 2. The van der Waals surface area contributed by atoms with E-state index in [1.165, 1.54) is 30.3 Å². The molecule has 2 aromatic rings. The first-order chi connectivity index (χ1) is 11.7. The largest absolute Gasteiger partial charge is 0.484 e. The van der Waals surface area contributed by atoms with Gasteiger partial charge in [-0.05, 0) is 42.5 Å². The monoisotopic (exact) mass is 409 g/mol. The molecule has 0 atom stereocenters. The van der Waals surface area contributed by atoms with E-state index >= 15 is 0 Å². The Morgan fingerprint density at radius 2 is 1.64 bits per heavy atom. The Hall–Kier alpha value is -1.90. The standard InChI is InChI=1S/C15H11Cl2F2NO4S/c16-9-5-10(17)7-12(6-9)24-8-14(21)20-11-1-3-13(4-2-11)25(22,23)15(18)19/h1-7,15H,8H2,(H,20,21). The van der Waals surface area contributed by atoms with Crippen molar-refractivity contribution in [1.82, 2.24) is 0 Å². The second-order valence-corrected chi connectivity index (χ2v) is 7.56. The van der Waals surface area contributed by atoms with Gasteiger partial charge in [0.05, 0.1) is 4.90 Å². The minimum atomic E-state index is -4.67. The Morgan fingerprint density at radius 3 is 2.16 bits per heavy atom. The lowest BCUT2D eigenvalue weighted by molar-refractivity contribution is -0.118. The quantitative estimate of drug-likeness (QED) is 0.781. The van der Waals surface area contributed by atoms with Crippen molar-refractivity contribution in [2.45, 2.75) is 10.7 Å². The molecule has 0 aliphatic carbocycles. The Labute approximate surface area is 152 Å². The normalized spacial score (nSPS) is 11.4. The van der Waals surface area contributed by atoms with E-state index < -0.39 is 26.4 Å². The molecule has 10 heteroatoms. The number of amides is 1. The van der Waals surface area contributed by atoms with Gasteiger partial charge in [0.2, 0.25) is 9.84 Å². The van der Waals surface area contributed by atoms with Gasteiger partial charge in [0.15, 0.2) is 6.61 Å². The van der Waals surface area contributed by atoms with Crippen LogP contribution in [0.25, 0.3) is 0 Å². The summed E-state index contributed by atoms with van der Waals surface area (Å²) in [5, 5.41) is 3.13. The van der Waals surface area contributed by atoms with Gasteiger partial charge < -0.3 is 10.1 Å². The summed E-state index contributed by atoms with van der Waals surface area (Å²) in [7, 11) is -4.67. The molecule has 0 aliphatic rings. The minimum absolute atomic E-state index is 0.228. The number of anilines is 1. The van der Waals surface area contributed by atoms with Crippen molar-refractivity contribution >= 4 is 44.6 Å². The van der Waals surface area contributed by atoms with Crippen LogP contribution >= 0.6 is 23.2 Å². The highest BCUT2D eigenvalue weighted by atomic mass is 35.5. The van der Waals surface area contributed by atoms with E-state index in [9.17, 15) is 22.0 Å². The smallest absolute Gasteiger partial charge is 0.341 e. The fourth-order valence-corrected chi connectivity index (χ4v) is 3.02. The van der Waals surface area contributed by atoms with Crippen LogP contribution in [0.4, 0.5) is 14.5 Å². The summed E-state index contributed by atoms with van der Waals surface area (Å²) in [5.74, 6) is -3.75. The van der Waals surface area contributed by atoms with Crippen molar-refractivity contribution < 1.29 is 26.7 Å². The van der Waals surface area contributed by atoms with Crippen molar-refractivity contribution in [2.24, 2.45) is 0 Å². The predicted molar refractivity (Wildman–Crippen MR) is 90.2 cm³/mol. The van der Waals surface area contributed by atoms with E-state index in [1.807, 2.05) is 0 Å². The zero-order valence-electron chi connectivity index (χ0n) is 12.4. The molecule has 0 heterocycles. The number of carbonyl (C=O) groups is 1. The molecule has 0 saturated heterocycles. The lowest BCUT2D eigenvalue weighted by Crippen LogP contribution is -2.20. The Kier molecular flexibility index (Phi) is 6.21. The van der Waals surface area contributed by atoms with Crippen LogP contribution < -0.4 is 10.1 Å². The number of hydrogen-bond donors (Lipinski definition) is 1. The summed E-state index contributed by atoms with van der Waals surface area (Å²) in [6.07, 6.45) is 0. The zero-order chi connectivity index (χ0) is 18.6. The first-order valence-corrected chi connectivity index (χ1v) is 8.99. The van der Waals surface area contributed by atoms with Crippen molar-refractivity contribution in [3.8, 4) is 5.75 Å². The van der Waals surface area contributed by atoms with Gasteiger partial charge in [-0.1, -0.05) is 23.2 Å². The molecule has 1 amide bonds.